The van der Waals surface area contributed by atoms with Crippen LogP contribution in [0.15, 0.2) is 0 Å². The van der Waals surface area contributed by atoms with Crippen molar-refractivity contribution < 1.29 is 5.11 Å². The summed E-state index contributed by atoms with van der Waals surface area (Å²) < 4.78 is 0. The van der Waals surface area contributed by atoms with Crippen molar-refractivity contribution in [2.75, 3.05) is 6.61 Å². The summed E-state index contributed by atoms with van der Waals surface area (Å²) in [4.78, 5) is 0. The minimum atomic E-state index is 0.319. The van der Waals surface area contributed by atoms with Gasteiger partial charge in [-0.15, -0.1) is 0 Å². The van der Waals surface area contributed by atoms with E-state index >= 15 is 0 Å². The maximum atomic E-state index is 7.88. The molecule has 0 amide bonds. The van der Waals surface area contributed by atoms with Crippen LogP contribution in [-0.4, -0.2) is 11.7 Å². The lowest BCUT2D eigenvalue weighted by molar-refractivity contribution is -0.0504. The van der Waals surface area contributed by atoms with Crippen LogP contribution in [0.5, 0.6) is 0 Å². The first-order valence-electron chi connectivity index (χ1n) is 7.22. The summed E-state index contributed by atoms with van der Waals surface area (Å²) in [5.41, 5.74) is 1.02. The second-order valence-corrected chi connectivity index (χ2v) is 7.23. The van der Waals surface area contributed by atoms with Gasteiger partial charge in [0.15, 0.2) is 0 Å². The van der Waals surface area contributed by atoms with E-state index in [1.54, 1.807) is 0 Å². The Bertz CT molecular complexity index is 216. The van der Waals surface area contributed by atoms with Crippen LogP contribution in [-0.2, 0) is 0 Å². The van der Waals surface area contributed by atoms with E-state index < -0.39 is 0 Å². The third-order valence-corrected chi connectivity index (χ3v) is 5.39. The van der Waals surface area contributed by atoms with E-state index in [4.69, 9.17) is 5.11 Å². The summed E-state index contributed by atoms with van der Waals surface area (Å²) in [7, 11) is 0. The van der Waals surface area contributed by atoms with Gasteiger partial charge in [0, 0.05) is 6.61 Å². The molecule has 1 aliphatic carbocycles. The average Bonchev–Trinajstić information content (AvgIpc) is 2.25. The van der Waals surface area contributed by atoms with Gasteiger partial charge in [0.05, 0.1) is 0 Å². The van der Waals surface area contributed by atoms with Gasteiger partial charge in [-0.05, 0) is 41.4 Å². The number of rotatable bonds is 1. The molecule has 1 rings (SSSR count). The summed E-state index contributed by atoms with van der Waals surface area (Å²) in [6.07, 6.45) is 2.26. The monoisotopic (exact) mass is 242 g/mol. The van der Waals surface area contributed by atoms with Gasteiger partial charge in [-0.25, -0.2) is 0 Å². The molecule has 1 saturated carbocycles. The molecule has 3 atom stereocenters. The average molecular weight is 242 g/mol. The number of hydrogen-bond acceptors (Lipinski definition) is 1. The van der Waals surface area contributed by atoms with Crippen LogP contribution in [0.2, 0.25) is 0 Å². The Kier molecular flexibility index (Phi) is 6.21. The van der Waals surface area contributed by atoms with Gasteiger partial charge in [-0.2, -0.15) is 0 Å². The van der Waals surface area contributed by atoms with Crippen LogP contribution in [0.4, 0.5) is 0 Å². The van der Waals surface area contributed by atoms with Crippen molar-refractivity contribution in [3.05, 3.63) is 0 Å². The number of aliphatic hydroxyl groups is 1. The smallest absolute Gasteiger partial charge is 0.0428 e. The van der Waals surface area contributed by atoms with E-state index in [-0.39, 0.29) is 0 Å². The molecule has 0 saturated heterocycles. The topological polar surface area (TPSA) is 20.2 Å². The SMILES string of the molecule is CC1CC(C)(C)C(C)C(C)(C)C1C.CCCO. The van der Waals surface area contributed by atoms with Crippen LogP contribution in [0, 0.1) is 28.6 Å². The molecule has 0 spiro atoms. The zero-order valence-corrected chi connectivity index (χ0v) is 13.3. The van der Waals surface area contributed by atoms with Crippen molar-refractivity contribution in [1.82, 2.24) is 0 Å². The molecule has 0 aliphatic heterocycles. The highest BCUT2D eigenvalue weighted by Gasteiger charge is 2.47. The molecule has 3 unspecified atom stereocenters. The van der Waals surface area contributed by atoms with E-state index in [2.05, 4.69) is 48.5 Å². The van der Waals surface area contributed by atoms with E-state index in [0.717, 1.165) is 24.2 Å². The Labute approximate surface area is 109 Å². The Morgan fingerprint density at radius 2 is 1.47 bits per heavy atom. The van der Waals surface area contributed by atoms with E-state index in [1.807, 2.05) is 6.92 Å². The molecule has 0 heterocycles. The third-order valence-electron chi connectivity index (χ3n) is 5.39. The molecule has 0 bridgehead atoms. The second-order valence-electron chi connectivity index (χ2n) is 7.23. The Balaban J connectivity index is 0.000000557. The fraction of sp³-hybridized carbons (Fsp3) is 1.00. The lowest BCUT2D eigenvalue weighted by Gasteiger charge is -2.54. The summed E-state index contributed by atoms with van der Waals surface area (Å²) >= 11 is 0. The second kappa shape index (κ2) is 6.22. The number of hydrogen-bond donors (Lipinski definition) is 1. The fourth-order valence-electron chi connectivity index (χ4n) is 3.32. The van der Waals surface area contributed by atoms with Gasteiger partial charge < -0.3 is 5.11 Å². The van der Waals surface area contributed by atoms with Crippen molar-refractivity contribution in [3.8, 4) is 0 Å². The highest BCUT2D eigenvalue weighted by Crippen LogP contribution is 2.55. The first-order valence-corrected chi connectivity index (χ1v) is 7.22. The van der Waals surface area contributed by atoms with E-state index in [1.165, 1.54) is 6.42 Å². The van der Waals surface area contributed by atoms with Gasteiger partial charge in [0.25, 0.3) is 0 Å². The predicted molar refractivity (Wildman–Crippen MR) is 77.0 cm³/mol. The van der Waals surface area contributed by atoms with Gasteiger partial charge in [0.1, 0.15) is 0 Å². The largest absolute Gasteiger partial charge is 0.396 e. The van der Waals surface area contributed by atoms with Gasteiger partial charge in [-0.1, -0.05) is 55.4 Å². The van der Waals surface area contributed by atoms with Crippen molar-refractivity contribution in [2.45, 2.75) is 68.2 Å². The molecule has 0 aromatic rings. The Morgan fingerprint density at radius 3 is 1.82 bits per heavy atom. The van der Waals surface area contributed by atoms with Crippen LogP contribution in [0.3, 0.4) is 0 Å². The lowest BCUT2D eigenvalue weighted by Crippen LogP contribution is -2.47. The van der Waals surface area contributed by atoms with Crippen molar-refractivity contribution in [3.63, 3.8) is 0 Å². The van der Waals surface area contributed by atoms with Crippen LogP contribution < -0.4 is 0 Å². The maximum absolute atomic E-state index is 7.88. The van der Waals surface area contributed by atoms with Crippen molar-refractivity contribution >= 4 is 0 Å². The highest BCUT2D eigenvalue weighted by atomic mass is 16.2. The van der Waals surface area contributed by atoms with Crippen LogP contribution in [0.25, 0.3) is 0 Å². The quantitative estimate of drug-likeness (QED) is 0.704. The molecule has 1 N–H and O–H groups in total. The molecule has 0 radical (unpaired) electrons. The Morgan fingerprint density at radius 1 is 1.06 bits per heavy atom. The zero-order chi connectivity index (χ0) is 13.9. The molecule has 1 nitrogen and oxygen atoms in total. The van der Waals surface area contributed by atoms with Gasteiger partial charge in [0.2, 0.25) is 0 Å². The molecular formula is C16H34O. The van der Waals surface area contributed by atoms with Crippen molar-refractivity contribution in [1.29, 1.82) is 0 Å². The van der Waals surface area contributed by atoms with E-state index in [0.29, 0.717) is 17.4 Å². The molecule has 0 aromatic heterocycles. The molecule has 1 aliphatic rings. The Hall–Kier alpha value is -0.0400. The summed E-state index contributed by atoms with van der Waals surface area (Å²) in [6.45, 7) is 19.3. The summed E-state index contributed by atoms with van der Waals surface area (Å²) in [5.74, 6) is 2.56. The van der Waals surface area contributed by atoms with E-state index in [9.17, 15) is 0 Å². The molecule has 17 heavy (non-hydrogen) atoms. The molecule has 0 aromatic carbocycles. The maximum Gasteiger partial charge on any atom is 0.0428 e. The zero-order valence-electron chi connectivity index (χ0n) is 13.3. The minimum Gasteiger partial charge on any atom is -0.396 e. The number of aliphatic hydroxyl groups excluding tert-OH is 1. The van der Waals surface area contributed by atoms with Crippen molar-refractivity contribution in [2.24, 2.45) is 28.6 Å². The van der Waals surface area contributed by atoms with Gasteiger partial charge in [-0.3, -0.25) is 0 Å². The third kappa shape index (κ3) is 3.98. The predicted octanol–water partition coefficient (Wildman–Crippen LogP) is 4.74. The summed E-state index contributed by atoms with van der Waals surface area (Å²) in [6, 6.07) is 0. The summed E-state index contributed by atoms with van der Waals surface area (Å²) in [5, 5.41) is 7.88. The molecule has 104 valence electrons. The van der Waals surface area contributed by atoms with Crippen LogP contribution >= 0.6 is 0 Å². The molecule has 1 heteroatoms. The standard InChI is InChI=1S/C13H26.C3H8O/c1-9-8-12(4,5)11(3)13(6,7)10(9)2;1-2-3-4/h9-11H,8H2,1-7H3;4H,2-3H2,1H3. The first kappa shape index (κ1) is 17.0. The lowest BCUT2D eigenvalue weighted by atomic mass is 9.51. The normalized spacial score (nSPS) is 34.8. The first-order chi connectivity index (χ1) is 7.61. The van der Waals surface area contributed by atoms with Crippen LogP contribution in [0.1, 0.15) is 68.2 Å². The van der Waals surface area contributed by atoms with Gasteiger partial charge >= 0.3 is 0 Å². The minimum absolute atomic E-state index is 0.319. The molecule has 1 fully saturated rings. The highest BCUT2D eigenvalue weighted by molar-refractivity contribution is 4.96. The fourth-order valence-corrected chi connectivity index (χ4v) is 3.32. The molecular weight excluding hydrogens is 208 g/mol.